The third-order valence-electron chi connectivity index (χ3n) is 5.05. The SMILES string of the molecule is COC(c1ccccc1)[C@@H]1C2=C(CCCC2)CCN1C(C)=O. The van der Waals surface area contributed by atoms with Crippen LogP contribution in [-0.4, -0.2) is 30.5 Å². The molecule has 0 radical (unpaired) electrons. The molecule has 1 aliphatic heterocycles. The van der Waals surface area contributed by atoms with Gasteiger partial charge in [-0.25, -0.2) is 0 Å². The fraction of sp³-hybridized carbons (Fsp3) is 0.526. The molecule has 0 spiro atoms. The predicted molar refractivity (Wildman–Crippen MR) is 87.5 cm³/mol. The van der Waals surface area contributed by atoms with Crippen LogP contribution in [0.2, 0.25) is 0 Å². The van der Waals surface area contributed by atoms with E-state index in [1.54, 1.807) is 19.6 Å². The summed E-state index contributed by atoms with van der Waals surface area (Å²) in [5.74, 6) is 0.153. The van der Waals surface area contributed by atoms with E-state index in [0.29, 0.717) is 0 Å². The van der Waals surface area contributed by atoms with E-state index in [2.05, 4.69) is 12.1 Å². The Bertz CT molecular complexity index is 564. The molecule has 3 heteroatoms. The Hall–Kier alpha value is -1.61. The zero-order valence-electron chi connectivity index (χ0n) is 13.5. The van der Waals surface area contributed by atoms with Crippen LogP contribution in [0.25, 0.3) is 0 Å². The van der Waals surface area contributed by atoms with Gasteiger partial charge in [-0.3, -0.25) is 4.79 Å². The lowest BCUT2D eigenvalue weighted by Crippen LogP contribution is -2.48. The van der Waals surface area contributed by atoms with Crippen LogP contribution in [0.1, 0.15) is 50.7 Å². The summed E-state index contributed by atoms with van der Waals surface area (Å²) in [4.78, 5) is 14.2. The summed E-state index contributed by atoms with van der Waals surface area (Å²) in [7, 11) is 1.76. The van der Waals surface area contributed by atoms with Gasteiger partial charge in [0, 0.05) is 20.6 Å². The largest absolute Gasteiger partial charge is 0.374 e. The average molecular weight is 299 g/mol. The summed E-state index contributed by atoms with van der Waals surface area (Å²) in [6.45, 7) is 2.50. The van der Waals surface area contributed by atoms with Gasteiger partial charge in [-0.1, -0.05) is 35.9 Å². The minimum atomic E-state index is -0.0755. The fourth-order valence-electron chi connectivity index (χ4n) is 4.01. The molecule has 1 heterocycles. The Morgan fingerprint density at radius 1 is 1.18 bits per heavy atom. The lowest BCUT2D eigenvalue weighted by Gasteiger charge is -2.43. The number of carbonyl (C=O) groups excluding carboxylic acids is 1. The van der Waals surface area contributed by atoms with Gasteiger partial charge in [-0.2, -0.15) is 0 Å². The van der Waals surface area contributed by atoms with Crippen molar-refractivity contribution in [1.29, 1.82) is 0 Å². The fourth-order valence-corrected chi connectivity index (χ4v) is 4.01. The Kier molecular flexibility index (Phi) is 4.63. The van der Waals surface area contributed by atoms with Crippen LogP contribution < -0.4 is 0 Å². The Labute approximate surface area is 133 Å². The van der Waals surface area contributed by atoms with Crippen LogP contribution in [0.15, 0.2) is 41.5 Å². The Balaban J connectivity index is 2.02. The van der Waals surface area contributed by atoms with Crippen molar-refractivity contribution in [2.45, 2.75) is 51.2 Å². The molecule has 22 heavy (non-hydrogen) atoms. The average Bonchev–Trinajstić information content (AvgIpc) is 2.56. The van der Waals surface area contributed by atoms with Crippen LogP contribution in [0.3, 0.4) is 0 Å². The van der Waals surface area contributed by atoms with E-state index in [1.807, 2.05) is 23.1 Å². The summed E-state index contributed by atoms with van der Waals surface area (Å²) in [5.41, 5.74) is 4.19. The molecule has 3 rings (SSSR count). The molecule has 0 bridgehead atoms. The topological polar surface area (TPSA) is 29.5 Å². The highest BCUT2D eigenvalue weighted by Crippen LogP contribution is 2.40. The number of benzene rings is 1. The molecule has 1 aromatic rings. The van der Waals surface area contributed by atoms with Gasteiger partial charge in [0.15, 0.2) is 0 Å². The first-order valence-electron chi connectivity index (χ1n) is 8.28. The second-order valence-electron chi connectivity index (χ2n) is 6.31. The van der Waals surface area contributed by atoms with Gasteiger partial charge >= 0.3 is 0 Å². The Morgan fingerprint density at radius 2 is 1.91 bits per heavy atom. The third kappa shape index (κ3) is 2.82. The van der Waals surface area contributed by atoms with Crippen molar-refractivity contribution in [3.63, 3.8) is 0 Å². The molecule has 1 aliphatic carbocycles. The monoisotopic (exact) mass is 299 g/mol. The normalized spacial score (nSPS) is 23.2. The number of hydrogen-bond acceptors (Lipinski definition) is 2. The molecule has 1 amide bonds. The minimum absolute atomic E-state index is 0.0638. The van der Waals surface area contributed by atoms with Gasteiger partial charge in [0.25, 0.3) is 0 Å². The number of carbonyl (C=O) groups is 1. The van der Waals surface area contributed by atoms with E-state index in [-0.39, 0.29) is 18.1 Å². The number of nitrogens with zero attached hydrogens (tertiary/aromatic N) is 1. The van der Waals surface area contributed by atoms with Gasteiger partial charge in [-0.15, -0.1) is 0 Å². The lowest BCUT2D eigenvalue weighted by molar-refractivity contribution is -0.134. The molecular weight excluding hydrogens is 274 g/mol. The maximum absolute atomic E-state index is 12.2. The number of hydrogen-bond donors (Lipinski definition) is 0. The van der Waals surface area contributed by atoms with Crippen LogP contribution in [-0.2, 0) is 9.53 Å². The summed E-state index contributed by atoms with van der Waals surface area (Å²) < 4.78 is 5.88. The van der Waals surface area contributed by atoms with Gasteiger partial charge in [0.05, 0.1) is 6.04 Å². The second-order valence-corrected chi connectivity index (χ2v) is 6.31. The number of ether oxygens (including phenoxy) is 1. The predicted octanol–water partition coefficient (Wildman–Crippen LogP) is 3.87. The van der Waals surface area contributed by atoms with E-state index in [4.69, 9.17) is 4.74 Å². The van der Waals surface area contributed by atoms with Crippen molar-refractivity contribution >= 4 is 5.91 Å². The van der Waals surface area contributed by atoms with Crippen molar-refractivity contribution in [3.05, 3.63) is 47.0 Å². The smallest absolute Gasteiger partial charge is 0.220 e. The zero-order valence-corrected chi connectivity index (χ0v) is 13.5. The first-order chi connectivity index (χ1) is 10.7. The standard InChI is InChI=1S/C19H25NO2/c1-14(21)20-13-12-15-8-6-7-11-17(15)18(20)19(22-2)16-9-4-3-5-10-16/h3-5,9-10,18-19H,6-8,11-13H2,1-2H3/t18-,19?/m0/s1. The third-order valence-corrected chi connectivity index (χ3v) is 5.05. The molecule has 0 saturated heterocycles. The van der Waals surface area contributed by atoms with E-state index >= 15 is 0 Å². The first-order valence-corrected chi connectivity index (χ1v) is 8.28. The van der Waals surface area contributed by atoms with Crippen LogP contribution in [0.5, 0.6) is 0 Å². The number of rotatable bonds is 3. The maximum atomic E-state index is 12.2. The van der Waals surface area contributed by atoms with E-state index in [0.717, 1.165) is 24.9 Å². The van der Waals surface area contributed by atoms with E-state index in [9.17, 15) is 4.79 Å². The summed E-state index contributed by atoms with van der Waals surface area (Å²) in [5, 5.41) is 0. The van der Waals surface area contributed by atoms with Crippen LogP contribution >= 0.6 is 0 Å². The highest BCUT2D eigenvalue weighted by atomic mass is 16.5. The van der Waals surface area contributed by atoms with Crippen molar-refractivity contribution in [1.82, 2.24) is 4.90 Å². The lowest BCUT2D eigenvalue weighted by atomic mass is 9.79. The van der Waals surface area contributed by atoms with E-state index in [1.165, 1.54) is 24.8 Å². The molecule has 2 aliphatic rings. The maximum Gasteiger partial charge on any atom is 0.220 e. The van der Waals surface area contributed by atoms with Gasteiger partial charge < -0.3 is 9.64 Å². The molecule has 2 atom stereocenters. The quantitative estimate of drug-likeness (QED) is 0.793. The van der Waals surface area contributed by atoms with Gasteiger partial charge in [-0.05, 0) is 43.2 Å². The zero-order chi connectivity index (χ0) is 15.5. The van der Waals surface area contributed by atoms with Crippen molar-refractivity contribution < 1.29 is 9.53 Å². The van der Waals surface area contributed by atoms with E-state index < -0.39 is 0 Å². The van der Waals surface area contributed by atoms with Crippen LogP contribution in [0, 0.1) is 0 Å². The molecule has 1 aromatic carbocycles. The summed E-state index contributed by atoms with van der Waals surface area (Å²) in [6.07, 6.45) is 5.78. The number of methoxy groups -OCH3 is 1. The second kappa shape index (κ2) is 6.66. The summed E-state index contributed by atoms with van der Waals surface area (Å²) in [6, 6.07) is 10.4. The molecule has 0 N–H and O–H groups in total. The highest BCUT2D eigenvalue weighted by molar-refractivity contribution is 5.74. The molecule has 118 valence electrons. The van der Waals surface area contributed by atoms with Crippen molar-refractivity contribution in [3.8, 4) is 0 Å². The highest BCUT2D eigenvalue weighted by Gasteiger charge is 2.38. The molecule has 1 unspecified atom stereocenters. The number of amides is 1. The van der Waals surface area contributed by atoms with Gasteiger partial charge in [0.2, 0.25) is 5.91 Å². The van der Waals surface area contributed by atoms with Gasteiger partial charge in [0.1, 0.15) is 6.10 Å². The molecule has 0 saturated carbocycles. The first kappa shape index (κ1) is 15.3. The molecule has 3 nitrogen and oxygen atoms in total. The molecule has 0 fully saturated rings. The van der Waals surface area contributed by atoms with Crippen molar-refractivity contribution in [2.24, 2.45) is 0 Å². The van der Waals surface area contributed by atoms with Crippen LogP contribution in [0.4, 0.5) is 0 Å². The summed E-state index contributed by atoms with van der Waals surface area (Å²) >= 11 is 0. The molecular formula is C19H25NO2. The minimum Gasteiger partial charge on any atom is -0.374 e. The molecule has 0 aromatic heterocycles. The Morgan fingerprint density at radius 3 is 2.59 bits per heavy atom. The van der Waals surface area contributed by atoms with Crippen molar-refractivity contribution in [2.75, 3.05) is 13.7 Å².